The highest BCUT2D eigenvalue weighted by molar-refractivity contribution is 5.94. The van der Waals surface area contributed by atoms with Gasteiger partial charge in [0.2, 0.25) is 12.7 Å². The van der Waals surface area contributed by atoms with Crippen LogP contribution in [0.5, 0.6) is 23.0 Å². The second-order valence-electron chi connectivity index (χ2n) is 10.7. The van der Waals surface area contributed by atoms with Gasteiger partial charge in [0, 0.05) is 25.1 Å². The molecule has 0 saturated carbocycles. The van der Waals surface area contributed by atoms with Crippen molar-refractivity contribution in [2.24, 2.45) is 13.0 Å². The molecule has 2 aliphatic heterocycles. The molecule has 1 saturated heterocycles. The topological polar surface area (TPSA) is 102 Å². The van der Waals surface area contributed by atoms with Crippen LogP contribution in [-0.4, -0.2) is 68.1 Å². The van der Waals surface area contributed by atoms with Crippen LogP contribution in [0, 0.1) is 5.92 Å². The number of unbranched alkanes of at least 4 members (excludes halogenated alkanes) is 1. The molecule has 3 aromatic rings. The maximum atomic E-state index is 13.9. The van der Waals surface area contributed by atoms with Gasteiger partial charge in [-0.25, -0.2) is 4.57 Å². The van der Waals surface area contributed by atoms with E-state index in [4.69, 9.17) is 18.9 Å². The Bertz CT molecular complexity index is 1410. The second-order valence-corrected chi connectivity index (χ2v) is 10.7. The fourth-order valence-corrected chi connectivity index (χ4v) is 5.80. The lowest BCUT2D eigenvalue weighted by molar-refractivity contribution is -0.670. The molecule has 0 spiro atoms. The number of carboxylic acids is 1. The zero-order valence-electron chi connectivity index (χ0n) is 24.3. The summed E-state index contributed by atoms with van der Waals surface area (Å²) in [6.45, 7) is 3.28. The molecule has 1 fully saturated rings. The summed E-state index contributed by atoms with van der Waals surface area (Å²) in [7, 11) is 3.48. The average molecular weight is 577 g/mol. The summed E-state index contributed by atoms with van der Waals surface area (Å²) in [4.78, 5) is 30.6. The van der Waals surface area contributed by atoms with Crippen LogP contribution < -0.4 is 28.4 Å². The summed E-state index contributed by atoms with van der Waals surface area (Å²) in [6, 6.07) is 16.1. The number of aromatic nitrogens is 1. The Kier molecular flexibility index (Phi) is 9.12. The van der Waals surface area contributed by atoms with E-state index in [0.717, 1.165) is 24.1 Å². The lowest BCUT2D eigenvalue weighted by Crippen LogP contribution is -2.47. The normalized spacial score (nSPS) is 19.5. The molecule has 3 heterocycles. The first-order chi connectivity index (χ1) is 20.4. The molecule has 3 atom stereocenters. The molecular formula is C32H38N3O7+. The SMILES string of the molecule is CCCCN(C(=O)CN1C[C@H](c2ccc3c(c2)OCO3)[C@@H](C(=O)O)[C@@H]1COc1ccccc1OC)c1ccc[n+](C)c1. The van der Waals surface area contributed by atoms with Crippen molar-refractivity contribution in [1.82, 2.24) is 4.90 Å². The third kappa shape index (κ3) is 6.28. The van der Waals surface area contributed by atoms with Crippen LogP contribution in [0.2, 0.25) is 0 Å². The zero-order chi connectivity index (χ0) is 29.6. The smallest absolute Gasteiger partial charge is 0.308 e. The molecule has 0 bridgehead atoms. The Hall–Kier alpha value is -4.31. The average Bonchev–Trinajstić information content (AvgIpc) is 3.60. The molecule has 2 aliphatic rings. The van der Waals surface area contributed by atoms with Gasteiger partial charge in [0.1, 0.15) is 19.3 Å². The largest absolute Gasteiger partial charge is 0.493 e. The van der Waals surface area contributed by atoms with Crippen LogP contribution in [0.4, 0.5) is 5.69 Å². The summed E-state index contributed by atoms with van der Waals surface area (Å²) in [6.07, 6.45) is 5.64. The van der Waals surface area contributed by atoms with E-state index in [-0.39, 0.29) is 25.9 Å². The molecule has 1 aromatic heterocycles. The summed E-state index contributed by atoms with van der Waals surface area (Å²) < 4.78 is 24.6. The van der Waals surface area contributed by atoms with E-state index in [1.807, 2.05) is 71.4 Å². The molecule has 222 valence electrons. The molecule has 5 rings (SSSR count). The number of para-hydroxylation sites is 2. The minimum absolute atomic E-state index is 0.0487. The number of benzene rings is 2. The Morgan fingerprint density at radius 1 is 1.10 bits per heavy atom. The van der Waals surface area contributed by atoms with Crippen molar-refractivity contribution in [2.75, 3.05) is 45.0 Å². The van der Waals surface area contributed by atoms with Crippen molar-refractivity contribution in [3.63, 3.8) is 0 Å². The molecule has 0 unspecified atom stereocenters. The van der Waals surface area contributed by atoms with Crippen molar-refractivity contribution in [3.8, 4) is 23.0 Å². The number of amides is 1. The van der Waals surface area contributed by atoms with Gasteiger partial charge >= 0.3 is 5.97 Å². The number of ether oxygens (including phenoxy) is 4. The number of rotatable bonds is 12. The van der Waals surface area contributed by atoms with E-state index >= 15 is 0 Å². The molecule has 1 N–H and O–H groups in total. The van der Waals surface area contributed by atoms with E-state index in [2.05, 4.69) is 6.92 Å². The fraction of sp³-hybridized carbons (Fsp3) is 0.406. The van der Waals surface area contributed by atoms with Gasteiger partial charge in [0.15, 0.2) is 35.4 Å². The number of fused-ring (bicyclic) bond motifs is 1. The van der Waals surface area contributed by atoms with Crippen molar-refractivity contribution in [3.05, 3.63) is 72.6 Å². The lowest BCUT2D eigenvalue weighted by atomic mass is 9.85. The van der Waals surface area contributed by atoms with Crippen LogP contribution in [0.3, 0.4) is 0 Å². The van der Waals surface area contributed by atoms with Gasteiger partial charge in [-0.1, -0.05) is 31.5 Å². The summed E-state index contributed by atoms with van der Waals surface area (Å²) in [5.74, 6) is 0.0426. The Morgan fingerprint density at radius 2 is 1.88 bits per heavy atom. The predicted molar refractivity (Wildman–Crippen MR) is 155 cm³/mol. The maximum absolute atomic E-state index is 13.9. The predicted octanol–water partition coefficient (Wildman–Crippen LogP) is 3.63. The van der Waals surface area contributed by atoms with E-state index in [0.29, 0.717) is 36.1 Å². The fourth-order valence-electron chi connectivity index (χ4n) is 5.80. The minimum Gasteiger partial charge on any atom is -0.493 e. The third-order valence-corrected chi connectivity index (χ3v) is 7.95. The number of carbonyl (C=O) groups is 2. The van der Waals surface area contributed by atoms with Gasteiger partial charge in [-0.2, -0.15) is 0 Å². The van der Waals surface area contributed by atoms with Gasteiger partial charge in [0.25, 0.3) is 0 Å². The van der Waals surface area contributed by atoms with Crippen LogP contribution in [-0.2, 0) is 16.6 Å². The highest BCUT2D eigenvalue weighted by atomic mass is 16.7. The molecule has 1 amide bonds. The number of carboxylic acid groups (broad SMARTS) is 1. The summed E-state index contributed by atoms with van der Waals surface area (Å²) in [5, 5.41) is 10.5. The standard InChI is InChI=1S/C32H37N3O7/c1-4-5-15-35(23-9-8-14-33(2)17-23)30(36)19-34-18-24(22-12-13-28-29(16-22)42-21-41-28)31(32(37)38)25(34)20-40-27-11-7-6-10-26(27)39-3/h6-14,16-17,24-25,31H,4-5,15,18-21H2,1-3H3/p+1/t24-,25+,31-/m1/s1. The monoisotopic (exact) mass is 576 g/mol. The van der Waals surface area contributed by atoms with E-state index < -0.39 is 23.8 Å². The van der Waals surface area contributed by atoms with Crippen molar-refractivity contribution < 1.29 is 38.2 Å². The molecule has 10 nitrogen and oxygen atoms in total. The number of carbonyl (C=O) groups excluding carboxylic acids is 1. The van der Waals surface area contributed by atoms with E-state index in [9.17, 15) is 14.7 Å². The molecule has 0 radical (unpaired) electrons. The van der Waals surface area contributed by atoms with Gasteiger partial charge in [-0.15, -0.1) is 0 Å². The van der Waals surface area contributed by atoms with Crippen LogP contribution in [0.25, 0.3) is 0 Å². The third-order valence-electron chi connectivity index (χ3n) is 7.95. The van der Waals surface area contributed by atoms with Crippen LogP contribution in [0.15, 0.2) is 67.0 Å². The van der Waals surface area contributed by atoms with Crippen molar-refractivity contribution in [2.45, 2.75) is 31.7 Å². The maximum Gasteiger partial charge on any atom is 0.308 e. The number of pyridine rings is 1. The van der Waals surface area contributed by atoms with Gasteiger partial charge in [-0.05, 0) is 42.3 Å². The van der Waals surface area contributed by atoms with Crippen molar-refractivity contribution in [1.29, 1.82) is 0 Å². The van der Waals surface area contributed by atoms with Crippen molar-refractivity contribution >= 4 is 17.6 Å². The molecular weight excluding hydrogens is 538 g/mol. The Morgan fingerprint density at radius 3 is 2.62 bits per heavy atom. The summed E-state index contributed by atoms with van der Waals surface area (Å²) >= 11 is 0. The first-order valence-electron chi connectivity index (χ1n) is 14.3. The quantitative estimate of drug-likeness (QED) is 0.326. The minimum atomic E-state index is -0.945. The number of aliphatic carboxylic acids is 1. The highest BCUT2D eigenvalue weighted by Gasteiger charge is 2.48. The highest BCUT2D eigenvalue weighted by Crippen LogP contribution is 2.42. The second kappa shape index (κ2) is 13.1. The summed E-state index contributed by atoms with van der Waals surface area (Å²) in [5.41, 5.74) is 1.63. The molecule has 0 aliphatic carbocycles. The molecule has 2 aromatic carbocycles. The molecule has 42 heavy (non-hydrogen) atoms. The molecule has 10 heteroatoms. The Labute approximate surface area is 246 Å². The van der Waals surface area contributed by atoms with E-state index in [1.54, 1.807) is 24.1 Å². The number of methoxy groups -OCH3 is 1. The number of aryl methyl sites for hydroxylation is 1. The van der Waals surface area contributed by atoms with Gasteiger partial charge in [-0.3, -0.25) is 14.5 Å². The Balaban J connectivity index is 1.46. The van der Waals surface area contributed by atoms with Gasteiger partial charge in [0.05, 0.1) is 25.6 Å². The van der Waals surface area contributed by atoms with E-state index in [1.165, 1.54) is 0 Å². The van der Waals surface area contributed by atoms with Gasteiger partial charge < -0.3 is 29.0 Å². The number of likely N-dealkylation sites (tertiary alicyclic amines) is 1. The number of hydrogen-bond acceptors (Lipinski definition) is 7. The first kappa shape index (κ1) is 29.2. The van der Waals surface area contributed by atoms with Crippen LogP contribution in [0.1, 0.15) is 31.2 Å². The zero-order valence-corrected chi connectivity index (χ0v) is 24.3. The first-order valence-corrected chi connectivity index (χ1v) is 14.3. The van der Waals surface area contributed by atoms with Crippen LogP contribution >= 0.6 is 0 Å². The number of hydrogen-bond donors (Lipinski definition) is 1. The number of nitrogens with zero attached hydrogens (tertiary/aromatic N) is 3. The number of anilines is 1. The lowest BCUT2D eigenvalue weighted by Gasteiger charge is -2.29.